The zero-order valence-corrected chi connectivity index (χ0v) is 15.2. The first-order valence-electron chi connectivity index (χ1n) is 7.17. The van der Waals surface area contributed by atoms with Gasteiger partial charge in [-0.15, -0.1) is 13.2 Å². The van der Waals surface area contributed by atoms with Crippen molar-refractivity contribution in [1.82, 2.24) is 4.90 Å². The molecular formula is C16H31NO2Si. The lowest BCUT2D eigenvalue weighted by molar-refractivity contribution is 0.0204. The topological polar surface area (TPSA) is 29.5 Å². The van der Waals surface area contributed by atoms with Crippen LogP contribution in [0.5, 0.6) is 0 Å². The van der Waals surface area contributed by atoms with Gasteiger partial charge < -0.3 is 9.64 Å². The minimum Gasteiger partial charge on any atom is -0.444 e. The van der Waals surface area contributed by atoms with Crippen molar-refractivity contribution < 1.29 is 9.53 Å². The normalized spacial score (nSPS) is 13.6. The molecule has 0 aliphatic heterocycles. The minimum atomic E-state index is -1.37. The Balaban J connectivity index is 4.87. The Hall–Kier alpha value is -1.03. The maximum Gasteiger partial charge on any atom is 0.410 e. The highest BCUT2D eigenvalue weighted by molar-refractivity contribution is 6.82. The van der Waals surface area contributed by atoms with Crippen LogP contribution in [0.15, 0.2) is 24.4 Å². The maximum absolute atomic E-state index is 12.3. The first kappa shape index (κ1) is 19.0. The first-order chi connectivity index (χ1) is 8.88. The van der Waals surface area contributed by atoms with Crippen molar-refractivity contribution in [2.75, 3.05) is 6.54 Å². The monoisotopic (exact) mass is 297 g/mol. The minimum absolute atomic E-state index is 0.0714. The van der Waals surface area contributed by atoms with Gasteiger partial charge in [-0.2, -0.15) is 0 Å². The van der Waals surface area contributed by atoms with Gasteiger partial charge in [0.2, 0.25) is 0 Å². The van der Waals surface area contributed by atoms with Gasteiger partial charge >= 0.3 is 6.09 Å². The molecule has 0 rings (SSSR count). The summed E-state index contributed by atoms with van der Waals surface area (Å²) < 4.78 is 5.46. The molecule has 0 radical (unpaired) electrons. The molecule has 4 heteroatoms. The van der Waals surface area contributed by atoms with E-state index in [0.717, 1.165) is 6.42 Å². The highest BCUT2D eigenvalue weighted by Gasteiger charge is 2.27. The predicted octanol–water partition coefficient (Wildman–Crippen LogP) is 4.62. The molecule has 0 heterocycles. The molecule has 0 aromatic rings. The highest BCUT2D eigenvalue weighted by Crippen LogP contribution is 2.21. The molecule has 0 aromatic carbocycles. The largest absolute Gasteiger partial charge is 0.444 e. The van der Waals surface area contributed by atoms with Crippen LogP contribution in [-0.4, -0.2) is 37.3 Å². The number of hydrogen-bond acceptors (Lipinski definition) is 2. The van der Waals surface area contributed by atoms with E-state index in [-0.39, 0.29) is 12.1 Å². The summed E-state index contributed by atoms with van der Waals surface area (Å²) in [7, 11) is -1.37. The second-order valence-corrected chi connectivity index (χ2v) is 12.5. The number of amides is 1. The van der Waals surface area contributed by atoms with E-state index in [1.165, 1.54) is 5.20 Å². The van der Waals surface area contributed by atoms with Gasteiger partial charge in [0.25, 0.3) is 0 Å². The molecule has 0 spiro atoms. The van der Waals surface area contributed by atoms with E-state index in [2.05, 4.69) is 32.8 Å². The Kier molecular flexibility index (Phi) is 6.74. The number of rotatable bonds is 6. The Bertz CT molecular complexity index is 364. The summed E-state index contributed by atoms with van der Waals surface area (Å²) in [6.45, 7) is 22.9. The molecule has 0 fully saturated rings. The average Bonchev–Trinajstić information content (AvgIpc) is 2.21. The van der Waals surface area contributed by atoms with Crippen LogP contribution in [0.4, 0.5) is 4.79 Å². The van der Waals surface area contributed by atoms with Gasteiger partial charge in [0, 0.05) is 12.6 Å². The van der Waals surface area contributed by atoms with E-state index in [1.54, 1.807) is 11.0 Å². The van der Waals surface area contributed by atoms with Gasteiger partial charge in [-0.3, -0.25) is 0 Å². The molecule has 116 valence electrons. The molecular weight excluding hydrogens is 266 g/mol. The molecule has 1 amide bonds. The quantitative estimate of drug-likeness (QED) is 0.529. The van der Waals surface area contributed by atoms with Gasteiger partial charge in [-0.05, 0) is 34.1 Å². The highest BCUT2D eigenvalue weighted by atomic mass is 28.3. The molecule has 0 bridgehead atoms. The van der Waals surface area contributed by atoms with Crippen LogP contribution in [0.25, 0.3) is 0 Å². The van der Waals surface area contributed by atoms with Crippen molar-refractivity contribution in [3.8, 4) is 0 Å². The van der Waals surface area contributed by atoms with E-state index in [9.17, 15) is 4.79 Å². The van der Waals surface area contributed by atoms with Crippen molar-refractivity contribution in [2.24, 2.45) is 0 Å². The molecule has 20 heavy (non-hydrogen) atoms. The van der Waals surface area contributed by atoms with Gasteiger partial charge in [0.1, 0.15) is 5.60 Å². The second-order valence-electron chi connectivity index (χ2n) is 7.33. The molecule has 0 aliphatic rings. The average molecular weight is 298 g/mol. The Morgan fingerprint density at radius 2 is 1.85 bits per heavy atom. The number of nitrogens with zero attached hydrogens (tertiary/aromatic N) is 1. The fourth-order valence-corrected chi connectivity index (χ4v) is 2.57. The van der Waals surface area contributed by atoms with Gasteiger partial charge in [-0.25, -0.2) is 4.79 Å². The summed E-state index contributed by atoms with van der Waals surface area (Å²) in [6.07, 6.45) is 2.27. The summed E-state index contributed by atoms with van der Waals surface area (Å²) in [5, 5.41) is 1.27. The molecule has 0 N–H and O–H groups in total. The van der Waals surface area contributed by atoms with Crippen LogP contribution in [0.2, 0.25) is 19.6 Å². The van der Waals surface area contributed by atoms with E-state index in [0.29, 0.717) is 6.54 Å². The first-order valence-corrected chi connectivity index (χ1v) is 10.7. The number of hydrogen-bond donors (Lipinski definition) is 0. The van der Waals surface area contributed by atoms with Crippen LogP contribution < -0.4 is 0 Å². The van der Waals surface area contributed by atoms with E-state index < -0.39 is 13.7 Å². The lowest BCUT2D eigenvalue weighted by Gasteiger charge is -2.33. The van der Waals surface area contributed by atoms with Gasteiger partial charge in [0.15, 0.2) is 0 Å². The number of carbonyl (C=O) groups is 1. The summed E-state index contributed by atoms with van der Waals surface area (Å²) in [4.78, 5) is 14.0. The SMILES string of the molecule is C=CCN(C(=O)OC(C)(C)C)C(C)CC(=C)[Si](C)(C)C. The lowest BCUT2D eigenvalue weighted by atomic mass is 10.2. The zero-order valence-electron chi connectivity index (χ0n) is 14.2. The number of ether oxygens (including phenoxy) is 1. The summed E-state index contributed by atoms with van der Waals surface area (Å²) in [6, 6.07) is 0.0714. The summed E-state index contributed by atoms with van der Waals surface area (Å²) in [5.74, 6) is 0. The lowest BCUT2D eigenvalue weighted by Crippen LogP contribution is -2.43. The van der Waals surface area contributed by atoms with Crippen LogP contribution in [-0.2, 0) is 4.74 Å². The van der Waals surface area contributed by atoms with Crippen LogP contribution in [0.1, 0.15) is 34.1 Å². The van der Waals surface area contributed by atoms with Gasteiger partial charge in [-0.1, -0.05) is 30.9 Å². The molecule has 0 aromatic heterocycles. The molecule has 0 saturated heterocycles. The molecule has 0 aliphatic carbocycles. The van der Waals surface area contributed by atoms with E-state index in [1.807, 2.05) is 27.7 Å². The molecule has 1 unspecified atom stereocenters. The van der Waals surface area contributed by atoms with Crippen molar-refractivity contribution in [3.63, 3.8) is 0 Å². The van der Waals surface area contributed by atoms with Crippen LogP contribution >= 0.6 is 0 Å². The van der Waals surface area contributed by atoms with Crippen molar-refractivity contribution >= 4 is 14.2 Å². The van der Waals surface area contributed by atoms with Crippen LogP contribution in [0, 0.1) is 0 Å². The van der Waals surface area contributed by atoms with E-state index in [4.69, 9.17) is 4.74 Å². The smallest absolute Gasteiger partial charge is 0.410 e. The fraction of sp³-hybridized carbons (Fsp3) is 0.688. The Morgan fingerprint density at radius 1 is 1.35 bits per heavy atom. The standard InChI is InChI=1S/C16H31NO2Si/c1-10-11-17(15(18)19-16(4,5)6)13(2)12-14(3)20(7,8)9/h10,13H,1,3,11-12H2,2,4-9H3. The summed E-state index contributed by atoms with van der Waals surface area (Å²) in [5.41, 5.74) is -0.480. The maximum atomic E-state index is 12.3. The third-order valence-electron chi connectivity index (χ3n) is 3.09. The third kappa shape index (κ3) is 6.94. The Labute approximate surface area is 125 Å². The molecule has 3 nitrogen and oxygen atoms in total. The van der Waals surface area contributed by atoms with E-state index >= 15 is 0 Å². The zero-order chi connectivity index (χ0) is 16.1. The van der Waals surface area contributed by atoms with Crippen LogP contribution in [0.3, 0.4) is 0 Å². The third-order valence-corrected chi connectivity index (χ3v) is 5.41. The fourth-order valence-electron chi connectivity index (χ4n) is 1.67. The van der Waals surface area contributed by atoms with Crippen molar-refractivity contribution in [2.45, 2.75) is 65.4 Å². The summed E-state index contributed by atoms with van der Waals surface area (Å²) >= 11 is 0. The predicted molar refractivity (Wildman–Crippen MR) is 89.7 cm³/mol. The second kappa shape index (κ2) is 7.11. The molecule has 1 atom stereocenters. The number of carbonyl (C=O) groups excluding carboxylic acids is 1. The Morgan fingerprint density at radius 3 is 2.20 bits per heavy atom. The molecule has 0 saturated carbocycles. The van der Waals surface area contributed by atoms with Crippen molar-refractivity contribution in [1.29, 1.82) is 0 Å². The van der Waals surface area contributed by atoms with Gasteiger partial charge in [0.05, 0.1) is 8.07 Å². The van der Waals surface area contributed by atoms with Crippen molar-refractivity contribution in [3.05, 3.63) is 24.4 Å².